The Morgan fingerprint density at radius 3 is 2.23 bits per heavy atom. The zero-order chi connectivity index (χ0) is 10.0. The molecule has 1 rings (SSSR count). The number of nitrogens with zero attached hydrogens (tertiary/aromatic N) is 1. The van der Waals surface area contributed by atoms with Crippen LogP contribution in [0.25, 0.3) is 0 Å². The first-order valence-corrected chi connectivity index (χ1v) is 3.76. The molecule has 1 aromatic heterocycles. The third-order valence-electron chi connectivity index (χ3n) is 1.74. The molecule has 0 amide bonds. The average molecular weight is 188 g/mol. The highest BCUT2D eigenvalue weighted by Gasteiger charge is 2.20. The largest absolute Gasteiger partial charge is 0.391 e. The molecule has 0 aliphatic rings. The SMILES string of the molecule is C[C@H](O)[C@H](N)c1c(F)cncc1F. The van der Waals surface area contributed by atoms with Gasteiger partial charge in [0.1, 0.15) is 11.6 Å². The summed E-state index contributed by atoms with van der Waals surface area (Å²) >= 11 is 0. The summed E-state index contributed by atoms with van der Waals surface area (Å²) in [7, 11) is 0. The number of aromatic nitrogens is 1. The van der Waals surface area contributed by atoms with Crippen LogP contribution < -0.4 is 5.73 Å². The number of rotatable bonds is 2. The highest BCUT2D eigenvalue weighted by atomic mass is 19.1. The molecule has 0 bridgehead atoms. The molecule has 72 valence electrons. The molecule has 1 heterocycles. The van der Waals surface area contributed by atoms with Crippen LogP contribution in [0.1, 0.15) is 18.5 Å². The minimum Gasteiger partial charge on any atom is -0.391 e. The van der Waals surface area contributed by atoms with Gasteiger partial charge in [0.05, 0.1) is 24.5 Å². The fraction of sp³-hybridized carbons (Fsp3) is 0.375. The second-order valence-corrected chi connectivity index (χ2v) is 2.78. The van der Waals surface area contributed by atoms with Crippen molar-refractivity contribution in [3.8, 4) is 0 Å². The van der Waals surface area contributed by atoms with E-state index >= 15 is 0 Å². The molecule has 1 aromatic rings. The van der Waals surface area contributed by atoms with Gasteiger partial charge < -0.3 is 10.8 Å². The predicted molar refractivity (Wildman–Crippen MR) is 42.8 cm³/mol. The molecular weight excluding hydrogens is 178 g/mol. The van der Waals surface area contributed by atoms with E-state index in [9.17, 15) is 8.78 Å². The summed E-state index contributed by atoms with van der Waals surface area (Å²) in [6, 6.07) is -1.07. The number of hydrogen-bond donors (Lipinski definition) is 2. The van der Waals surface area contributed by atoms with E-state index in [1.165, 1.54) is 6.92 Å². The zero-order valence-electron chi connectivity index (χ0n) is 7.04. The first-order chi connectivity index (χ1) is 6.04. The topological polar surface area (TPSA) is 59.1 Å². The number of nitrogens with two attached hydrogens (primary N) is 1. The van der Waals surface area contributed by atoms with Gasteiger partial charge in [0.15, 0.2) is 0 Å². The lowest BCUT2D eigenvalue weighted by molar-refractivity contribution is 0.160. The summed E-state index contributed by atoms with van der Waals surface area (Å²) in [5.74, 6) is -1.68. The van der Waals surface area contributed by atoms with Gasteiger partial charge in [-0.3, -0.25) is 4.98 Å². The van der Waals surface area contributed by atoms with Gasteiger partial charge in [0, 0.05) is 5.56 Å². The lowest BCUT2D eigenvalue weighted by Crippen LogP contribution is -2.25. The van der Waals surface area contributed by atoms with Crippen molar-refractivity contribution in [2.75, 3.05) is 0 Å². The minimum absolute atomic E-state index is 0.329. The van der Waals surface area contributed by atoms with Crippen LogP contribution in [0.4, 0.5) is 8.78 Å². The van der Waals surface area contributed by atoms with Gasteiger partial charge in [-0.1, -0.05) is 0 Å². The first kappa shape index (κ1) is 10.0. The van der Waals surface area contributed by atoms with Crippen LogP contribution in [0.5, 0.6) is 0 Å². The Kier molecular flexibility index (Phi) is 2.90. The highest BCUT2D eigenvalue weighted by Crippen LogP contribution is 2.19. The summed E-state index contributed by atoms with van der Waals surface area (Å²) in [5, 5.41) is 9.04. The molecule has 0 aliphatic carbocycles. The molecule has 3 nitrogen and oxygen atoms in total. The summed E-state index contributed by atoms with van der Waals surface area (Å²) in [6.07, 6.45) is 0.716. The Labute approximate surface area is 74.2 Å². The van der Waals surface area contributed by atoms with Crippen molar-refractivity contribution >= 4 is 0 Å². The number of hydrogen-bond acceptors (Lipinski definition) is 3. The monoisotopic (exact) mass is 188 g/mol. The minimum atomic E-state index is -1.07. The van der Waals surface area contributed by atoms with Crippen LogP contribution in [0.2, 0.25) is 0 Å². The van der Waals surface area contributed by atoms with Crippen molar-refractivity contribution in [3.05, 3.63) is 29.6 Å². The summed E-state index contributed by atoms with van der Waals surface area (Å²) in [6.45, 7) is 1.37. The van der Waals surface area contributed by atoms with Gasteiger partial charge in [-0.2, -0.15) is 0 Å². The number of halogens is 2. The smallest absolute Gasteiger partial charge is 0.149 e. The quantitative estimate of drug-likeness (QED) is 0.719. The van der Waals surface area contributed by atoms with E-state index in [2.05, 4.69) is 4.98 Å². The van der Waals surface area contributed by atoms with Gasteiger partial charge in [0.2, 0.25) is 0 Å². The van der Waals surface area contributed by atoms with E-state index in [1.807, 2.05) is 0 Å². The molecule has 3 N–H and O–H groups in total. The molecule has 0 fully saturated rings. The van der Waals surface area contributed by atoms with E-state index in [1.54, 1.807) is 0 Å². The van der Waals surface area contributed by atoms with Crippen LogP contribution in [-0.4, -0.2) is 16.2 Å². The Balaban J connectivity index is 3.12. The summed E-state index contributed by atoms with van der Waals surface area (Å²) in [5.41, 5.74) is 5.05. The maximum Gasteiger partial charge on any atom is 0.149 e. The standard InChI is InChI=1S/C8H10F2N2O/c1-4(13)8(11)7-5(9)2-12-3-6(7)10/h2-4,8,13H,11H2,1H3/t4-,8-/m0/s1. The van der Waals surface area contributed by atoms with Crippen LogP contribution in [0.15, 0.2) is 12.4 Å². The van der Waals surface area contributed by atoms with Gasteiger partial charge in [0.25, 0.3) is 0 Å². The predicted octanol–water partition coefficient (Wildman–Crippen LogP) is 0.740. The number of pyridine rings is 1. The third-order valence-corrected chi connectivity index (χ3v) is 1.74. The van der Waals surface area contributed by atoms with E-state index in [4.69, 9.17) is 10.8 Å². The molecule has 0 unspecified atom stereocenters. The summed E-state index contributed by atoms with van der Waals surface area (Å²) in [4.78, 5) is 3.30. The van der Waals surface area contributed by atoms with Crippen molar-refractivity contribution in [2.24, 2.45) is 5.73 Å². The third kappa shape index (κ3) is 1.99. The Morgan fingerprint density at radius 1 is 1.38 bits per heavy atom. The fourth-order valence-electron chi connectivity index (χ4n) is 0.981. The van der Waals surface area contributed by atoms with Crippen LogP contribution in [0, 0.1) is 11.6 Å². The Morgan fingerprint density at radius 2 is 1.85 bits per heavy atom. The van der Waals surface area contributed by atoms with Crippen LogP contribution >= 0.6 is 0 Å². The van der Waals surface area contributed by atoms with Crippen LogP contribution in [-0.2, 0) is 0 Å². The van der Waals surface area contributed by atoms with E-state index in [0.29, 0.717) is 0 Å². The molecule has 0 aromatic carbocycles. The van der Waals surface area contributed by atoms with E-state index in [-0.39, 0.29) is 5.56 Å². The van der Waals surface area contributed by atoms with Crippen molar-refractivity contribution in [2.45, 2.75) is 19.1 Å². The van der Waals surface area contributed by atoms with Gasteiger partial charge in [-0.25, -0.2) is 8.78 Å². The molecule has 5 heteroatoms. The van der Waals surface area contributed by atoms with Crippen molar-refractivity contribution in [3.63, 3.8) is 0 Å². The average Bonchev–Trinajstić information content (AvgIpc) is 2.03. The molecule has 0 spiro atoms. The van der Waals surface area contributed by atoms with Crippen molar-refractivity contribution in [1.82, 2.24) is 4.98 Å². The molecular formula is C8H10F2N2O. The van der Waals surface area contributed by atoms with E-state index < -0.39 is 23.8 Å². The number of aliphatic hydroxyl groups is 1. The maximum atomic E-state index is 13.0. The fourth-order valence-corrected chi connectivity index (χ4v) is 0.981. The summed E-state index contributed by atoms with van der Waals surface area (Å²) < 4.78 is 25.9. The molecule has 2 atom stereocenters. The van der Waals surface area contributed by atoms with Crippen molar-refractivity contribution < 1.29 is 13.9 Å². The first-order valence-electron chi connectivity index (χ1n) is 3.76. The lowest BCUT2D eigenvalue weighted by Gasteiger charge is -2.15. The Bertz CT molecular complexity index is 284. The highest BCUT2D eigenvalue weighted by molar-refractivity contribution is 5.20. The molecule has 0 saturated carbocycles. The van der Waals surface area contributed by atoms with Crippen LogP contribution in [0.3, 0.4) is 0 Å². The van der Waals surface area contributed by atoms with E-state index in [0.717, 1.165) is 12.4 Å². The molecule has 0 saturated heterocycles. The van der Waals surface area contributed by atoms with Gasteiger partial charge in [-0.05, 0) is 6.92 Å². The molecule has 0 radical (unpaired) electrons. The van der Waals surface area contributed by atoms with Gasteiger partial charge in [-0.15, -0.1) is 0 Å². The lowest BCUT2D eigenvalue weighted by atomic mass is 10.0. The Hall–Kier alpha value is -1.07. The molecule has 0 aliphatic heterocycles. The number of aliphatic hydroxyl groups excluding tert-OH is 1. The molecule has 13 heavy (non-hydrogen) atoms. The normalized spacial score (nSPS) is 15.5. The van der Waals surface area contributed by atoms with Crippen molar-refractivity contribution in [1.29, 1.82) is 0 Å². The second kappa shape index (κ2) is 3.76. The zero-order valence-corrected chi connectivity index (χ0v) is 7.04. The van der Waals surface area contributed by atoms with Gasteiger partial charge >= 0.3 is 0 Å². The maximum absolute atomic E-state index is 13.0. The second-order valence-electron chi connectivity index (χ2n) is 2.78.